The molecule has 3 N–H and O–H groups in total. The van der Waals surface area contributed by atoms with Crippen molar-refractivity contribution in [1.82, 2.24) is 15.2 Å². The number of hydrogen-bond acceptors (Lipinski definition) is 5. The van der Waals surface area contributed by atoms with Crippen LogP contribution in [0.15, 0.2) is 59.1 Å². The molecular formula is C24H23N3O5S. The Morgan fingerprint density at radius 2 is 1.82 bits per heavy atom. The fourth-order valence-electron chi connectivity index (χ4n) is 3.99. The van der Waals surface area contributed by atoms with Crippen molar-refractivity contribution in [1.29, 1.82) is 0 Å². The first kappa shape index (κ1) is 22.5. The third-order valence-corrected chi connectivity index (χ3v) is 5.74. The molecule has 8 nitrogen and oxygen atoms in total. The number of carbonyl (C=O) groups is 2. The lowest BCUT2D eigenvalue weighted by molar-refractivity contribution is 0.0696. The SMILES string of the molecule is CC(C)CN1C(=S)N[C@H](c2ccccn2)[C@H]1c1ccc(-c2cc(C(=O)O)cc(C(=O)O)c2)o1. The third kappa shape index (κ3) is 4.58. The van der Waals surface area contributed by atoms with E-state index in [1.165, 1.54) is 12.1 Å². The van der Waals surface area contributed by atoms with Crippen LogP contribution in [-0.2, 0) is 0 Å². The number of thiocarbonyl (C=S) groups is 1. The molecule has 2 atom stereocenters. The smallest absolute Gasteiger partial charge is 0.335 e. The Morgan fingerprint density at radius 3 is 2.39 bits per heavy atom. The number of aromatic nitrogens is 1. The van der Waals surface area contributed by atoms with Crippen LogP contribution in [0.2, 0.25) is 0 Å². The summed E-state index contributed by atoms with van der Waals surface area (Å²) in [5, 5.41) is 22.7. The highest BCUT2D eigenvalue weighted by molar-refractivity contribution is 7.80. The van der Waals surface area contributed by atoms with Crippen molar-refractivity contribution < 1.29 is 24.2 Å². The Bertz CT molecular complexity index is 1180. The van der Waals surface area contributed by atoms with Crippen molar-refractivity contribution in [3.8, 4) is 11.3 Å². The molecule has 0 saturated carbocycles. The Kier molecular flexibility index (Phi) is 6.15. The predicted octanol–water partition coefficient (Wildman–Crippen LogP) is 4.37. The van der Waals surface area contributed by atoms with Crippen molar-refractivity contribution in [2.45, 2.75) is 25.9 Å². The summed E-state index contributed by atoms with van der Waals surface area (Å²) < 4.78 is 6.18. The van der Waals surface area contributed by atoms with Gasteiger partial charge in [0.2, 0.25) is 0 Å². The summed E-state index contributed by atoms with van der Waals surface area (Å²) in [5.74, 6) is -1.09. The van der Waals surface area contributed by atoms with E-state index < -0.39 is 11.9 Å². The highest BCUT2D eigenvalue weighted by atomic mass is 32.1. The van der Waals surface area contributed by atoms with Gasteiger partial charge in [-0.3, -0.25) is 4.98 Å². The minimum Gasteiger partial charge on any atom is -0.478 e. The van der Waals surface area contributed by atoms with Gasteiger partial charge in [0.15, 0.2) is 5.11 Å². The van der Waals surface area contributed by atoms with Gasteiger partial charge in [-0.05, 0) is 60.6 Å². The number of carboxylic acids is 2. The number of pyridine rings is 1. The number of nitrogens with zero attached hydrogens (tertiary/aromatic N) is 2. The van der Waals surface area contributed by atoms with Gasteiger partial charge in [-0.1, -0.05) is 19.9 Å². The molecule has 4 rings (SSSR count). The van der Waals surface area contributed by atoms with Crippen molar-refractivity contribution in [2.24, 2.45) is 5.92 Å². The first-order valence-corrected chi connectivity index (χ1v) is 10.8. The average Bonchev–Trinajstić information content (AvgIpc) is 3.39. The molecule has 33 heavy (non-hydrogen) atoms. The quantitative estimate of drug-likeness (QED) is 0.438. The van der Waals surface area contributed by atoms with Gasteiger partial charge >= 0.3 is 11.9 Å². The van der Waals surface area contributed by atoms with E-state index in [0.717, 1.165) is 11.8 Å². The summed E-state index contributed by atoms with van der Waals surface area (Å²) in [6.07, 6.45) is 1.72. The number of benzene rings is 1. The van der Waals surface area contributed by atoms with E-state index in [1.807, 2.05) is 24.3 Å². The van der Waals surface area contributed by atoms with Gasteiger partial charge in [-0.25, -0.2) is 9.59 Å². The Labute approximate surface area is 195 Å². The first-order chi connectivity index (χ1) is 15.7. The maximum absolute atomic E-state index is 11.5. The summed E-state index contributed by atoms with van der Waals surface area (Å²) in [6, 6.07) is 12.6. The summed E-state index contributed by atoms with van der Waals surface area (Å²) in [4.78, 5) is 29.5. The van der Waals surface area contributed by atoms with Gasteiger partial charge < -0.3 is 24.8 Å². The second-order valence-corrected chi connectivity index (χ2v) is 8.67. The van der Waals surface area contributed by atoms with Gasteiger partial charge in [-0.15, -0.1) is 0 Å². The van der Waals surface area contributed by atoms with Crippen LogP contribution < -0.4 is 5.32 Å². The zero-order valence-corrected chi connectivity index (χ0v) is 18.9. The van der Waals surface area contributed by atoms with Gasteiger partial charge in [0.1, 0.15) is 17.6 Å². The largest absolute Gasteiger partial charge is 0.478 e. The Balaban J connectivity index is 1.77. The second kappa shape index (κ2) is 9.03. The highest BCUT2D eigenvalue weighted by Gasteiger charge is 2.41. The number of aromatic carboxylic acids is 2. The molecule has 3 heterocycles. The lowest BCUT2D eigenvalue weighted by Crippen LogP contribution is -2.32. The van der Waals surface area contributed by atoms with Gasteiger partial charge in [-0.2, -0.15) is 0 Å². The van der Waals surface area contributed by atoms with Crippen LogP contribution in [0.3, 0.4) is 0 Å². The van der Waals surface area contributed by atoms with E-state index in [0.29, 0.717) is 34.7 Å². The molecule has 170 valence electrons. The van der Waals surface area contributed by atoms with Crippen molar-refractivity contribution in [3.05, 3.63) is 77.3 Å². The van der Waals surface area contributed by atoms with E-state index in [1.54, 1.807) is 12.3 Å². The minimum absolute atomic E-state index is 0.126. The van der Waals surface area contributed by atoms with Crippen molar-refractivity contribution in [2.75, 3.05) is 6.54 Å². The molecule has 9 heteroatoms. The van der Waals surface area contributed by atoms with Crippen LogP contribution >= 0.6 is 12.2 Å². The molecule has 3 aromatic rings. The summed E-state index contributed by atoms with van der Waals surface area (Å²) in [5.41, 5.74) is 0.936. The molecule has 0 amide bonds. The number of nitrogens with one attached hydrogen (secondary N) is 1. The zero-order valence-electron chi connectivity index (χ0n) is 18.1. The second-order valence-electron chi connectivity index (χ2n) is 8.28. The zero-order chi connectivity index (χ0) is 23.7. The van der Waals surface area contributed by atoms with Crippen molar-refractivity contribution in [3.63, 3.8) is 0 Å². The van der Waals surface area contributed by atoms with E-state index in [-0.39, 0.29) is 23.2 Å². The summed E-state index contributed by atoms with van der Waals surface area (Å²) in [6.45, 7) is 4.91. The maximum Gasteiger partial charge on any atom is 0.335 e. The Hall–Kier alpha value is -3.72. The van der Waals surface area contributed by atoms with E-state index >= 15 is 0 Å². The Morgan fingerprint density at radius 1 is 1.12 bits per heavy atom. The molecule has 2 aromatic heterocycles. The fraction of sp³-hybridized carbons (Fsp3) is 0.250. The van der Waals surface area contributed by atoms with E-state index in [4.69, 9.17) is 16.6 Å². The predicted molar refractivity (Wildman–Crippen MR) is 125 cm³/mol. The topological polar surface area (TPSA) is 116 Å². The summed E-state index contributed by atoms with van der Waals surface area (Å²) in [7, 11) is 0. The average molecular weight is 466 g/mol. The fourth-order valence-corrected chi connectivity index (χ4v) is 4.30. The maximum atomic E-state index is 11.5. The molecule has 1 aliphatic rings. The van der Waals surface area contributed by atoms with Crippen molar-refractivity contribution >= 4 is 29.3 Å². The number of hydrogen-bond donors (Lipinski definition) is 3. The van der Waals surface area contributed by atoms with Crippen LogP contribution in [0.1, 0.15) is 58.1 Å². The number of carboxylic acid groups (broad SMARTS) is 2. The molecular weight excluding hydrogens is 442 g/mol. The van der Waals surface area contributed by atoms with Gasteiger partial charge in [0.25, 0.3) is 0 Å². The van der Waals surface area contributed by atoms with Crippen LogP contribution in [0.5, 0.6) is 0 Å². The van der Waals surface area contributed by atoms with E-state index in [2.05, 4.69) is 29.0 Å². The molecule has 0 aliphatic carbocycles. The van der Waals surface area contributed by atoms with Crippen LogP contribution in [-0.4, -0.2) is 43.7 Å². The lowest BCUT2D eigenvalue weighted by Gasteiger charge is -2.27. The molecule has 1 saturated heterocycles. The normalized spacial score (nSPS) is 17.9. The van der Waals surface area contributed by atoms with Crippen LogP contribution in [0, 0.1) is 5.92 Å². The monoisotopic (exact) mass is 465 g/mol. The molecule has 1 aliphatic heterocycles. The van der Waals surface area contributed by atoms with Gasteiger partial charge in [0, 0.05) is 18.3 Å². The first-order valence-electron chi connectivity index (χ1n) is 10.4. The molecule has 0 bridgehead atoms. The number of furan rings is 1. The van der Waals surface area contributed by atoms with Crippen LogP contribution in [0.25, 0.3) is 11.3 Å². The van der Waals surface area contributed by atoms with Crippen LogP contribution in [0.4, 0.5) is 0 Å². The number of rotatable bonds is 7. The van der Waals surface area contributed by atoms with Gasteiger partial charge in [0.05, 0.1) is 22.9 Å². The standard InChI is InChI=1S/C24H23N3O5S/c1-13(2)12-27-21(20(26-24(27)33)17-5-3-4-8-25-17)19-7-6-18(32-19)14-9-15(22(28)29)11-16(10-14)23(30)31/h3-11,13,20-21H,12H2,1-2H3,(H,26,33)(H,28,29)(H,30,31)/t20-,21-/m1/s1. The summed E-state index contributed by atoms with van der Waals surface area (Å²) >= 11 is 5.62. The van der Waals surface area contributed by atoms with E-state index in [9.17, 15) is 19.8 Å². The molecule has 1 aromatic carbocycles. The molecule has 1 fully saturated rings. The lowest BCUT2D eigenvalue weighted by atomic mass is 10.0. The third-order valence-electron chi connectivity index (χ3n) is 5.39. The molecule has 0 radical (unpaired) electrons. The highest BCUT2D eigenvalue weighted by Crippen LogP contribution is 2.40. The molecule has 0 unspecified atom stereocenters. The minimum atomic E-state index is -1.21. The molecule has 0 spiro atoms.